The van der Waals surface area contributed by atoms with E-state index in [4.69, 9.17) is 0 Å². The third-order valence-corrected chi connectivity index (χ3v) is 5.19. The molecule has 0 saturated heterocycles. The van der Waals surface area contributed by atoms with Crippen LogP contribution in [0.4, 0.5) is 0 Å². The first-order chi connectivity index (χ1) is 11.7. The fraction of sp³-hybridized carbons (Fsp3) is 0.455. The van der Waals surface area contributed by atoms with Gasteiger partial charge in [-0.25, -0.2) is 0 Å². The second-order valence-electron chi connectivity index (χ2n) is 7.19. The molecule has 2 nitrogen and oxygen atoms in total. The Morgan fingerprint density at radius 3 is 2.46 bits per heavy atom. The molecule has 0 heterocycles. The van der Waals surface area contributed by atoms with E-state index >= 15 is 0 Å². The summed E-state index contributed by atoms with van der Waals surface area (Å²) in [7, 11) is 2.21. The molecule has 2 aromatic carbocycles. The summed E-state index contributed by atoms with van der Waals surface area (Å²) in [5.41, 5.74) is 4.46. The molecule has 0 radical (unpaired) electrons. The molecule has 0 aliphatic heterocycles. The highest BCUT2D eigenvalue weighted by Gasteiger charge is 2.23. The predicted octanol–water partition coefficient (Wildman–Crippen LogP) is 4.74. The summed E-state index contributed by atoms with van der Waals surface area (Å²) in [6, 6.07) is 20.2. The monoisotopic (exact) mass is 322 g/mol. The molecule has 0 amide bonds. The van der Waals surface area contributed by atoms with Gasteiger partial charge in [0.2, 0.25) is 0 Å². The summed E-state index contributed by atoms with van der Waals surface area (Å²) in [5.74, 6) is 0.705. The van der Waals surface area contributed by atoms with Crippen molar-refractivity contribution in [1.82, 2.24) is 10.2 Å². The van der Waals surface area contributed by atoms with Crippen LogP contribution in [0.25, 0.3) is 0 Å². The lowest BCUT2D eigenvalue weighted by atomic mass is 9.81. The van der Waals surface area contributed by atoms with Crippen LogP contribution in [0.5, 0.6) is 0 Å². The summed E-state index contributed by atoms with van der Waals surface area (Å²) >= 11 is 0. The van der Waals surface area contributed by atoms with Crippen molar-refractivity contribution < 1.29 is 0 Å². The van der Waals surface area contributed by atoms with Crippen molar-refractivity contribution in [2.24, 2.45) is 0 Å². The number of hydrogen-bond donors (Lipinski definition) is 1. The lowest BCUT2D eigenvalue weighted by Gasteiger charge is -2.30. The van der Waals surface area contributed by atoms with Gasteiger partial charge in [-0.2, -0.15) is 0 Å². The van der Waals surface area contributed by atoms with E-state index in [0.29, 0.717) is 12.0 Å². The first-order valence-electron chi connectivity index (χ1n) is 9.28. The standard InChI is InChI=1S/C22H30N2/c1-18-13-14-22(21-12-7-6-11-20(18)21)23-15-8-16-24(2)17-19-9-4-3-5-10-19/h3-7,9-12,18,22-23H,8,13-17H2,1-2H3. The molecule has 0 bridgehead atoms. The predicted molar refractivity (Wildman–Crippen MR) is 102 cm³/mol. The molecule has 2 atom stereocenters. The number of benzene rings is 2. The minimum absolute atomic E-state index is 0.539. The van der Waals surface area contributed by atoms with E-state index in [1.165, 1.54) is 30.4 Å². The van der Waals surface area contributed by atoms with Crippen LogP contribution in [0, 0.1) is 0 Å². The van der Waals surface area contributed by atoms with Crippen molar-refractivity contribution in [3.63, 3.8) is 0 Å². The minimum Gasteiger partial charge on any atom is -0.310 e. The SMILES string of the molecule is CC1CCC(NCCCN(C)Cc2ccccc2)c2ccccc21. The summed E-state index contributed by atoms with van der Waals surface area (Å²) in [5, 5.41) is 3.79. The number of fused-ring (bicyclic) bond motifs is 1. The number of nitrogens with one attached hydrogen (secondary N) is 1. The largest absolute Gasteiger partial charge is 0.310 e. The van der Waals surface area contributed by atoms with Crippen LogP contribution >= 0.6 is 0 Å². The Labute approximate surface area is 146 Å². The molecule has 3 rings (SSSR count). The van der Waals surface area contributed by atoms with Crippen LogP contribution in [0.15, 0.2) is 54.6 Å². The van der Waals surface area contributed by atoms with Crippen LogP contribution in [-0.4, -0.2) is 25.0 Å². The van der Waals surface area contributed by atoms with Gasteiger partial charge in [0.15, 0.2) is 0 Å². The molecule has 0 fully saturated rings. The van der Waals surface area contributed by atoms with Gasteiger partial charge >= 0.3 is 0 Å². The summed E-state index contributed by atoms with van der Waals surface area (Å²) in [6.07, 6.45) is 3.75. The zero-order valence-electron chi connectivity index (χ0n) is 15.0. The van der Waals surface area contributed by atoms with Crippen molar-refractivity contribution in [2.75, 3.05) is 20.1 Å². The Morgan fingerprint density at radius 1 is 0.958 bits per heavy atom. The normalized spacial score (nSPS) is 20.1. The Hall–Kier alpha value is -1.64. The summed E-state index contributed by atoms with van der Waals surface area (Å²) in [6.45, 7) is 5.61. The van der Waals surface area contributed by atoms with Crippen molar-refractivity contribution in [3.05, 3.63) is 71.3 Å². The van der Waals surface area contributed by atoms with Crippen LogP contribution < -0.4 is 5.32 Å². The van der Waals surface area contributed by atoms with E-state index in [1.807, 2.05) is 0 Å². The van der Waals surface area contributed by atoms with Crippen LogP contribution in [-0.2, 0) is 6.54 Å². The minimum atomic E-state index is 0.539. The molecule has 24 heavy (non-hydrogen) atoms. The lowest BCUT2D eigenvalue weighted by Crippen LogP contribution is -2.29. The van der Waals surface area contributed by atoms with Gasteiger partial charge in [0, 0.05) is 12.6 Å². The first kappa shape index (κ1) is 17.2. The second-order valence-corrected chi connectivity index (χ2v) is 7.19. The molecule has 2 heteroatoms. The van der Waals surface area contributed by atoms with Gasteiger partial charge in [0.1, 0.15) is 0 Å². The van der Waals surface area contributed by atoms with E-state index in [-0.39, 0.29) is 0 Å². The molecule has 0 saturated carbocycles. The van der Waals surface area contributed by atoms with E-state index < -0.39 is 0 Å². The quantitative estimate of drug-likeness (QED) is 0.741. The third kappa shape index (κ3) is 4.46. The van der Waals surface area contributed by atoms with Gasteiger partial charge < -0.3 is 10.2 Å². The zero-order valence-corrected chi connectivity index (χ0v) is 15.0. The molecule has 0 aromatic heterocycles. The highest BCUT2D eigenvalue weighted by Crippen LogP contribution is 2.36. The Kier molecular flexibility index (Phi) is 6.06. The molecule has 2 unspecified atom stereocenters. The third-order valence-electron chi connectivity index (χ3n) is 5.19. The Balaban J connectivity index is 1.43. The average Bonchev–Trinajstić information content (AvgIpc) is 2.61. The number of nitrogens with zero attached hydrogens (tertiary/aromatic N) is 1. The van der Waals surface area contributed by atoms with Crippen molar-refractivity contribution in [2.45, 2.75) is 44.7 Å². The highest BCUT2D eigenvalue weighted by molar-refractivity contribution is 5.34. The topological polar surface area (TPSA) is 15.3 Å². The van der Waals surface area contributed by atoms with Gasteiger partial charge in [0.25, 0.3) is 0 Å². The van der Waals surface area contributed by atoms with Crippen LogP contribution in [0.1, 0.15) is 54.8 Å². The second kappa shape index (κ2) is 8.46. The highest BCUT2D eigenvalue weighted by atomic mass is 15.1. The number of rotatable bonds is 7. The summed E-state index contributed by atoms with van der Waals surface area (Å²) in [4.78, 5) is 2.41. The molecule has 1 aliphatic rings. The van der Waals surface area contributed by atoms with Crippen LogP contribution in [0.3, 0.4) is 0 Å². The van der Waals surface area contributed by atoms with E-state index in [0.717, 1.165) is 19.6 Å². The molecule has 1 aliphatic carbocycles. The Morgan fingerprint density at radius 2 is 1.67 bits per heavy atom. The average molecular weight is 322 g/mol. The molecular weight excluding hydrogens is 292 g/mol. The lowest BCUT2D eigenvalue weighted by molar-refractivity contribution is 0.313. The fourth-order valence-electron chi connectivity index (χ4n) is 3.82. The fourth-order valence-corrected chi connectivity index (χ4v) is 3.82. The van der Waals surface area contributed by atoms with Gasteiger partial charge in [0.05, 0.1) is 0 Å². The van der Waals surface area contributed by atoms with E-state index in [2.05, 4.69) is 78.8 Å². The van der Waals surface area contributed by atoms with E-state index in [1.54, 1.807) is 5.56 Å². The molecular formula is C22H30N2. The Bertz CT molecular complexity index is 623. The zero-order chi connectivity index (χ0) is 16.8. The smallest absolute Gasteiger partial charge is 0.0323 e. The van der Waals surface area contributed by atoms with Crippen molar-refractivity contribution in [1.29, 1.82) is 0 Å². The van der Waals surface area contributed by atoms with Gasteiger partial charge in [-0.05, 0) is 62.0 Å². The van der Waals surface area contributed by atoms with Gasteiger partial charge in [-0.3, -0.25) is 0 Å². The number of hydrogen-bond acceptors (Lipinski definition) is 2. The maximum absolute atomic E-state index is 3.79. The molecule has 1 N–H and O–H groups in total. The molecule has 0 spiro atoms. The maximum Gasteiger partial charge on any atom is 0.0323 e. The first-order valence-corrected chi connectivity index (χ1v) is 9.28. The van der Waals surface area contributed by atoms with Crippen LogP contribution in [0.2, 0.25) is 0 Å². The van der Waals surface area contributed by atoms with Gasteiger partial charge in [-0.1, -0.05) is 61.5 Å². The maximum atomic E-state index is 3.79. The van der Waals surface area contributed by atoms with E-state index in [9.17, 15) is 0 Å². The van der Waals surface area contributed by atoms with Crippen molar-refractivity contribution in [3.8, 4) is 0 Å². The van der Waals surface area contributed by atoms with Gasteiger partial charge in [-0.15, -0.1) is 0 Å². The molecule has 128 valence electrons. The van der Waals surface area contributed by atoms with Crippen molar-refractivity contribution >= 4 is 0 Å². The summed E-state index contributed by atoms with van der Waals surface area (Å²) < 4.78 is 0. The molecule has 2 aromatic rings.